The second-order valence-corrected chi connectivity index (χ2v) is 0. The fourth-order valence-electron chi connectivity index (χ4n) is 0. The molecule has 76 valence electrons. The SMILES string of the molecule is [Cd].[Cd].[Cd].[Cd].[Cd].[Cd].[Cd].[Cd].[Cd].[Cd].[Cd].[Cd].[Cd].[Cd].[Cd].[Cd].[Cd].[Cd].[Cd].[Cd].[Cd].[Cd].[Cd].[Cd].[Cd].[Cd].[Cd].[Cd].[Cd].[Cd].[Cd].[Cd].[Cd].[Cd].[Cd].[Cd].[Cd].[Cd]. The zero-order valence-electron chi connectivity index (χ0n) is 26.9. The fraction of sp³-hybridized carbons (Fsp3) is 0. The maximum Gasteiger partial charge on any atom is 0 e. The standard InChI is InChI=1S/38Cd. The van der Waals surface area contributed by atoms with Gasteiger partial charge in [-0.25, -0.2) is 0 Å². The summed E-state index contributed by atoms with van der Waals surface area (Å²) in [4.78, 5) is 0. The van der Waals surface area contributed by atoms with Gasteiger partial charge in [-0.3, -0.25) is 0 Å². The molecule has 0 unspecified atom stereocenters. The fourth-order valence-corrected chi connectivity index (χ4v) is 0. The van der Waals surface area contributed by atoms with E-state index >= 15 is 0 Å². The monoisotopic (exact) mass is 4330 g/mol. The van der Waals surface area contributed by atoms with Gasteiger partial charge in [0.1, 0.15) is 0 Å². The van der Waals surface area contributed by atoms with Crippen LogP contribution < -0.4 is 0 Å². The van der Waals surface area contributed by atoms with E-state index in [1.165, 1.54) is 0 Å². The van der Waals surface area contributed by atoms with Crippen LogP contribution in [0.2, 0.25) is 0 Å². The molecule has 0 heterocycles. The van der Waals surface area contributed by atoms with Gasteiger partial charge in [-0.2, -0.15) is 0 Å². The van der Waals surface area contributed by atoms with Crippen LogP contribution in [0.15, 0.2) is 0 Å². The third kappa shape index (κ3) is 284. The summed E-state index contributed by atoms with van der Waals surface area (Å²) in [6.07, 6.45) is 0. The van der Waals surface area contributed by atoms with E-state index in [4.69, 9.17) is 0 Å². The van der Waals surface area contributed by atoms with Crippen LogP contribution >= 0.6 is 0 Å². The Morgan fingerprint density at radius 1 is 0.0263 bits per heavy atom. The molecule has 0 aromatic carbocycles. The van der Waals surface area contributed by atoms with Crippen LogP contribution in [0, 0.1) is 0 Å². The van der Waals surface area contributed by atoms with Gasteiger partial charge in [-0.05, 0) is 0 Å². The van der Waals surface area contributed by atoms with Crippen molar-refractivity contribution in [1.82, 2.24) is 0 Å². The van der Waals surface area contributed by atoms with Gasteiger partial charge in [0.2, 0.25) is 0 Å². The van der Waals surface area contributed by atoms with Gasteiger partial charge < -0.3 is 0 Å². The second-order valence-electron chi connectivity index (χ2n) is 0. The molecule has 0 aliphatic heterocycles. The molecule has 0 saturated heterocycles. The Morgan fingerprint density at radius 2 is 0.0263 bits per heavy atom. The smallest absolute Gasteiger partial charge is 0 e. The van der Waals surface area contributed by atoms with Crippen LogP contribution in [0.1, 0.15) is 0 Å². The first kappa shape index (κ1) is 309. The van der Waals surface area contributed by atoms with E-state index in [0.717, 1.165) is 0 Å². The molecule has 0 aliphatic rings. The predicted molar refractivity (Wildman–Crippen MR) is 0 cm³/mol. The van der Waals surface area contributed by atoms with Crippen LogP contribution in [0.3, 0.4) is 0 Å². The topological polar surface area (TPSA) is 0 Å². The third-order valence-corrected chi connectivity index (χ3v) is 0. The van der Waals surface area contributed by atoms with E-state index in [-0.39, 0.29) is 1040 Å². The van der Waals surface area contributed by atoms with Crippen molar-refractivity contribution in [1.29, 1.82) is 0 Å². The van der Waals surface area contributed by atoms with Crippen molar-refractivity contribution in [3.8, 4) is 0 Å². The third-order valence-electron chi connectivity index (χ3n) is 0. The molecule has 38 heteroatoms. The molecule has 0 aromatic rings. The van der Waals surface area contributed by atoms with Gasteiger partial charge >= 0.3 is 0 Å². The van der Waals surface area contributed by atoms with Gasteiger partial charge in [0.25, 0.3) is 0 Å². The molecule has 0 saturated carbocycles. The summed E-state index contributed by atoms with van der Waals surface area (Å²) in [7, 11) is 0. The normalized spacial score (nSPS) is 0. The van der Waals surface area contributed by atoms with Crippen molar-refractivity contribution in [2.24, 2.45) is 0 Å². The van der Waals surface area contributed by atoms with Crippen molar-refractivity contribution >= 4 is 0 Å². The minimum absolute atomic E-state index is 0. The number of rotatable bonds is 0. The van der Waals surface area contributed by atoms with Gasteiger partial charge in [-0.15, -0.1) is 0 Å². The molecule has 0 amide bonds. The molecule has 0 radical (unpaired) electrons. The Labute approximate surface area is 1000 Å². The van der Waals surface area contributed by atoms with Crippen LogP contribution in [-0.2, 0) is 1040 Å². The maximum atomic E-state index is 0. The van der Waals surface area contributed by atoms with Crippen molar-refractivity contribution < 1.29 is 1040 Å². The van der Waals surface area contributed by atoms with E-state index in [0.29, 0.717) is 0 Å². The first-order valence-electron chi connectivity index (χ1n) is 0. The van der Waals surface area contributed by atoms with Crippen molar-refractivity contribution in [3.63, 3.8) is 0 Å². The van der Waals surface area contributed by atoms with E-state index in [9.17, 15) is 0 Å². The first-order chi connectivity index (χ1) is 0. The maximum absolute atomic E-state index is 0. The summed E-state index contributed by atoms with van der Waals surface area (Å²) < 4.78 is 0. The molecule has 0 atom stereocenters. The number of hydrogen-bond acceptors (Lipinski definition) is 0. The number of hydrogen-bond donors (Lipinski definition) is 0. The summed E-state index contributed by atoms with van der Waals surface area (Å²) in [6, 6.07) is 0. The molecule has 0 fully saturated rings. The van der Waals surface area contributed by atoms with E-state index in [2.05, 4.69) is 0 Å². The summed E-state index contributed by atoms with van der Waals surface area (Å²) in [5.74, 6) is 0. The molecular weight excluding hydrogens is 4270 g/mol. The van der Waals surface area contributed by atoms with Crippen molar-refractivity contribution in [2.45, 2.75) is 0 Å². The second kappa shape index (κ2) is 296. The summed E-state index contributed by atoms with van der Waals surface area (Å²) in [6.45, 7) is 0. The molecule has 0 rings (SSSR count). The molecule has 0 N–H and O–H groups in total. The van der Waals surface area contributed by atoms with Crippen LogP contribution in [0.25, 0.3) is 0 Å². The average molecular weight is 4270 g/mol. The molecule has 0 bridgehead atoms. The van der Waals surface area contributed by atoms with Crippen LogP contribution in [0.4, 0.5) is 0 Å². The summed E-state index contributed by atoms with van der Waals surface area (Å²) >= 11 is 0. The Balaban J connectivity index is 0. The van der Waals surface area contributed by atoms with Crippen LogP contribution in [-0.4, -0.2) is 0 Å². The zero-order chi connectivity index (χ0) is 0. The molecule has 0 aromatic heterocycles. The van der Waals surface area contributed by atoms with Gasteiger partial charge in [0.05, 0.1) is 0 Å². The first-order valence-corrected chi connectivity index (χ1v) is 0. The van der Waals surface area contributed by atoms with Gasteiger partial charge in [0, 0.05) is 1040 Å². The minimum Gasteiger partial charge on any atom is 0 e. The molecule has 0 aliphatic carbocycles. The van der Waals surface area contributed by atoms with E-state index in [1.54, 1.807) is 0 Å². The van der Waals surface area contributed by atoms with Gasteiger partial charge in [-0.1, -0.05) is 0 Å². The molecule has 0 spiro atoms. The minimum atomic E-state index is 0. The van der Waals surface area contributed by atoms with Gasteiger partial charge in [0.15, 0.2) is 0 Å². The molecule has 0 nitrogen and oxygen atoms in total. The largest absolute Gasteiger partial charge is 0 e. The Kier molecular flexibility index (Phi) is 2410. The Morgan fingerprint density at radius 3 is 0.0263 bits per heavy atom. The Hall–Kier alpha value is 35.0. The van der Waals surface area contributed by atoms with E-state index in [1.807, 2.05) is 0 Å². The zero-order valence-corrected chi connectivity index (χ0v) is 180. The average Bonchev–Trinajstić information content (AvgIpc) is 0. The van der Waals surface area contributed by atoms with Crippen LogP contribution in [0.5, 0.6) is 0 Å². The van der Waals surface area contributed by atoms with E-state index < -0.39 is 0 Å². The van der Waals surface area contributed by atoms with Crippen molar-refractivity contribution in [2.75, 3.05) is 0 Å². The quantitative estimate of drug-likeness (QED) is 0.298. The molecular formula is Cd38. The van der Waals surface area contributed by atoms with Crippen molar-refractivity contribution in [3.05, 3.63) is 0 Å². The summed E-state index contributed by atoms with van der Waals surface area (Å²) in [5.41, 5.74) is 0. The predicted octanol–water partition coefficient (Wildman–Crippen LogP) is -0.0950. The Bertz CT molecular complexity index is 0. The summed E-state index contributed by atoms with van der Waals surface area (Å²) in [5, 5.41) is 0. The molecule has 38 heavy (non-hydrogen) atoms.